The zero-order valence-electron chi connectivity index (χ0n) is 16.2. The number of halogens is 1. The van der Waals surface area contributed by atoms with Crippen LogP contribution in [0.4, 0.5) is 11.4 Å². The molecule has 2 aromatic carbocycles. The van der Waals surface area contributed by atoms with Gasteiger partial charge in [-0.1, -0.05) is 11.6 Å². The van der Waals surface area contributed by atoms with E-state index in [0.29, 0.717) is 46.2 Å². The first-order valence-electron chi connectivity index (χ1n) is 9.56. The fraction of sp³-hybridized carbons (Fsp3) is 0.0909. The van der Waals surface area contributed by atoms with E-state index >= 15 is 0 Å². The molecule has 0 spiro atoms. The molecular weight excluding hydrogens is 436 g/mol. The van der Waals surface area contributed by atoms with Gasteiger partial charge in [-0.05, 0) is 54.6 Å². The van der Waals surface area contributed by atoms with Gasteiger partial charge in [-0.3, -0.25) is 14.1 Å². The summed E-state index contributed by atoms with van der Waals surface area (Å²) in [7, 11) is 0. The van der Waals surface area contributed by atoms with Crippen molar-refractivity contribution in [2.75, 3.05) is 22.7 Å². The molecule has 0 saturated carbocycles. The lowest BCUT2D eigenvalue weighted by molar-refractivity contribution is 0.102. The highest BCUT2D eigenvalue weighted by Crippen LogP contribution is 2.34. The number of fused-ring (bicyclic) bond motifs is 1. The van der Waals surface area contributed by atoms with E-state index in [0.717, 1.165) is 11.1 Å². The molecule has 1 saturated heterocycles. The van der Waals surface area contributed by atoms with Crippen molar-refractivity contribution in [3.8, 4) is 11.3 Å². The lowest BCUT2D eigenvalue weighted by Gasteiger charge is -2.15. The molecule has 1 unspecified atom stereocenters. The van der Waals surface area contributed by atoms with Crippen molar-refractivity contribution in [1.29, 1.82) is 0 Å². The van der Waals surface area contributed by atoms with Gasteiger partial charge < -0.3 is 9.73 Å². The number of hydrogen-bond acceptors (Lipinski definition) is 4. The molecular formula is C22H17ClN4O3S. The summed E-state index contributed by atoms with van der Waals surface area (Å²) < 4.78 is 22.0. The normalized spacial score (nSPS) is 16.0. The van der Waals surface area contributed by atoms with E-state index in [1.165, 1.54) is 0 Å². The van der Waals surface area contributed by atoms with Crippen LogP contribution in [0.3, 0.4) is 0 Å². The van der Waals surface area contributed by atoms with Gasteiger partial charge in [-0.25, -0.2) is 8.93 Å². The van der Waals surface area contributed by atoms with Gasteiger partial charge in [-0.15, -0.1) is 0 Å². The Balaban J connectivity index is 1.39. The number of pyridine rings is 1. The van der Waals surface area contributed by atoms with Crippen molar-refractivity contribution >= 4 is 51.0 Å². The van der Waals surface area contributed by atoms with Crippen molar-refractivity contribution in [2.45, 2.75) is 0 Å². The molecule has 3 heterocycles. The van der Waals surface area contributed by atoms with Gasteiger partial charge >= 0.3 is 0 Å². The summed E-state index contributed by atoms with van der Waals surface area (Å²) in [4.78, 5) is 17.2. The summed E-state index contributed by atoms with van der Waals surface area (Å²) in [5.74, 6) is -0.255. The highest BCUT2D eigenvalue weighted by atomic mass is 35.5. The number of nitrogens with one attached hydrogen (secondary N) is 2. The molecule has 2 N–H and O–H groups in total. The van der Waals surface area contributed by atoms with Gasteiger partial charge in [0.15, 0.2) is 11.2 Å². The maximum Gasteiger partial charge on any atom is 0.255 e. The molecule has 5 rings (SSSR count). The molecule has 156 valence electrons. The quantitative estimate of drug-likeness (QED) is 0.480. The zero-order valence-corrected chi connectivity index (χ0v) is 17.7. The molecule has 0 radical (unpaired) electrons. The van der Waals surface area contributed by atoms with Crippen LogP contribution in [0.25, 0.3) is 22.2 Å². The van der Waals surface area contributed by atoms with Gasteiger partial charge in [-0.2, -0.15) is 0 Å². The Morgan fingerprint density at radius 3 is 2.77 bits per heavy atom. The second-order valence-corrected chi connectivity index (χ2v) is 8.57. The van der Waals surface area contributed by atoms with Crippen LogP contribution in [0.15, 0.2) is 71.5 Å². The maximum atomic E-state index is 12.8. The van der Waals surface area contributed by atoms with Crippen LogP contribution in [0.1, 0.15) is 10.4 Å². The smallest absolute Gasteiger partial charge is 0.255 e. The van der Waals surface area contributed by atoms with Crippen LogP contribution in [0.2, 0.25) is 5.02 Å². The molecule has 1 aliphatic heterocycles. The molecule has 31 heavy (non-hydrogen) atoms. The first kappa shape index (κ1) is 19.7. The predicted octanol–water partition coefficient (Wildman–Crippen LogP) is 4.39. The number of carbonyl (C=O) groups excluding carboxylic acids is 1. The third kappa shape index (κ3) is 3.81. The van der Waals surface area contributed by atoms with Crippen LogP contribution < -0.4 is 14.3 Å². The number of rotatable bonds is 4. The van der Waals surface area contributed by atoms with Crippen LogP contribution >= 0.6 is 11.6 Å². The van der Waals surface area contributed by atoms with E-state index in [2.05, 4.69) is 15.0 Å². The molecule has 7 nitrogen and oxygen atoms in total. The van der Waals surface area contributed by atoms with E-state index < -0.39 is 11.2 Å². The van der Waals surface area contributed by atoms with E-state index in [1.54, 1.807) is 65.3 Å². The molecule has 1 amide bonds. The van der Waals surface area contributed by atoms with Gasteiger partial charge in [0.25, 0.3) is 5.91 Å². The fourth-order valence-corrected chi connectivity index (χ4v) is 4.70. The molecule has 1 atom stereocenters. The summed E-state index contributed by atoms with van der Waals surface area (Å²) in [5.41, 5.74) is 3.99. The number of benzene rings is 2. The molecule has 0 bridgehead atoms. The monoisotopic (exact) mass is 452 g/mol. The number of furan rings is 1. The third-order valence-corrected chi connectivity index (χ3v) is 6.59. The topological polar surface area (TPSA) is 87.5 Å². The van der Waals surface area contributed by atoms with Gasteiger partial charge in [0, 0.05) is 41.5 Å². The molecule has 4 aromatic rings. The molecule has 9 heteroatoms. The summed E-state index contributed by atoms with van der Waals surface area (Å²) in [5, 5.41) is 4.27. The van der Waals surface area contributed by atoms with Crippen molar-refractivity contribution < 1.29 is 13.4 Å². The summed E-state index contributed by atoms with van der Waals surface area (Å²) >= 11 is 5.19. The number of amides is 1. The van der Waals surface area contributed by atoms with Crippen LogP contribution in [-0.4, -0.2) is 28.2 Å². The second kappa shape index (κ2) is 8.14. The number of aromatic nitrogens is 1. The fourth-order valence-electron chi connectivity index (χ4n) is 3.50. The zero-order chi connectivity index (χ0) is 21.4. The Morgan fingerprint density at radius 2 is 2.00 bits per heavy atom. The Morgan fingerprint density at radius 1 is 1.16 bits per heavy atom. The highest BCUT2D eigenvalue weighted by Gasteiger charge is 2.20. The van der Waals surface area contributed by atoms with Crippen molar-refractivity contribution in [3.63, 3.8) is 0 Å². The minimum absolute atomic E-state index is 0.255. The lowest BCUT2D eigenvalue weighted by atomic mass is 10.1. The summed E-state index contributed by atoms with van der Waals surface area (Å²) in [6.07, 6.45) is 3.26. The first-order valence-corrected chi connectivity index (χ1v) is 11.0. The van der Waals surface area contributed by atoms with Crippen molar-refractivity contribution in [1.82, 2.24) is 9.71 Å². The number of nitrogens with zero attached hydrogens (tertiary/aromatic N) is 2. The summed E-state index contributed by atoms with van der Waals surface area (Å²) in [6, 6.07) is 15.9. The minimum Gasteiger partial charge on any atom is -0.464 e. The standard InChI is InChI=1S/C22H17ClN4O3S/c23-19-6-3-15(13-18(19)21-17-8-12-30-20(17)7-9-24-21)26-22(28)14-1-4-16(5-2-14)27-11-10-25-31(27)29/h1-9,12-13,25H,10-11H2,(H,26,28). The molecule has 0 aliphatic carbocycles. The average Bonchev–Trinajstić information content (AvgIpc) is 3.44. The Bertz CT molecular complexity index is 1310. The van der Waals surface area contributed by atoms with Gasteiger partial charge in [0.1, 0.15) is 5.58 Å². The van der Waals surface area contributed by atoms with Crippen LogP contribution in [-0.2, 0) is 11.2 Å². The Labute approximate surface area is 185 Å². The number of hydrogen-bond donors (Lipinski definition) is 2. The summed E-state index contributed by atoms with van der Waals surface area (Å²) in [6.45, 7) is 1.32. The van der Waals surface area contributed by atoms with E-state index in [-0.39, 0.29) is 5.91 Å². The predicted molar refractivity (Wildman–Crippen MR) is 122 cm³/mol. The van der Waals surface area contributed by atoms with Crippen molar-refractivity contribution in [3.05, 3.63) is 77.6 Å². The minimum atomic E-state index is -1.23. The SMILES string of the molecule is O=C(Nc1ccc(Cl)c(-c2nccc3occc23)c1)c1ccc(N2CCNS2=O)cc1. The largest absolute Gasteiger partial charge is 0.464 e. The van der Waals surface area contributed by atoms with Crippen LogP contribution in [0, 0.1) is 0 Å². The van der Waals surface area contributed by atoms with E-state index in [9.17, 15) is 9.00 Å². The van der Waals surface area contributed by atoms with E-state index in [4.69, 9.17) is 16.0 Å². The van der Waals surface area contributed by atoms with Gasteiger partial charge in [0.2, 0.25) is 0 Å². The molecule has 1 fully saturated rings. The maximum absolute atomic E-state index is 12.8. The number of anilines is 2. The second-order valence-electron chi connectivity index (χ2n) is 6.93. The highest BCUT2D eigenvalue weighted by molar-refractivity contribution is 7.84. The third-order valence-electron chi connectivity index (χ3n) is 5.02. The first-order chi connectivity index (χ1) is 15.1. The van der Waals surface area contributed by atoms with Crippen LogP contribution in [0.5, 0.6) is 0 Å². The molecule has 1 aliphatic rings. The number of carbonyl (C=O) groups is 1. The van der Waals surface area contributed by atoms with E-state index in [1.807, 2.05) is 6.07 Å². The average molecular weight is 453 g/mol. The lowest BCUT2D eigenvalue weighted by Crippen LogP contribution is -2.22. The Hall–Kier alpha value is -3.20. The Kier molecular flexibility index (Phi) is 5.19. The van der Waals surface area contributed by atoms with Crippen molar-refractivity contribution in [2.24, 2.45) is 0 Å². The van der Waals surface area contributed by atoms with Gasteiger partial charge in [0.05, 0.1) is 22.7 Å². The molecule has 2 aromatic heterocycles.